The molecule has 4 aliphatic rings. The molecule has 2 aromatic heterocycles. The van der Waals surface area contributed by atoms with Crippen LogP contribution in [0.3, 0.4) is 0 Å². The highest BCUT2D eigenvalue weighted by Gasteiger charge is 2.53. The molecule has 4 aliphatic carbocycles. The zero-order chi connectivity index (χ0) is 29.3. The number of hydrogen-bond acceptors (Lipinski definition) is 8. The summed E-state index contributed by atoms with van der Waals surface area (Å²) in [6.07, 6.45) is 4.19. The lowest BCUT2D eigenvalue weighted by Gasteiger charge is -2.21. The van der Waals surface area contributed by atoms with E-state index in [1.54, 1.807) is 22.7 Å². The lowest BCUT2D eigenvalue weighted by atomic mass is 9.84. The Labute approximate surface area is 274 Å². The quantitative estimate of drug-likeness (QED) is 0.159. The lowest BCUT2D eigenvalue weighted by Crippen LogP contribution is -2.18. The smallest absolute Gasteiger partial charge is 0.117 e. The van der Waals surface area contributed by atoms with Gasteiger partial charge in [0, 0.05) is 44.2 Å². The summed E-state index contributed by atoms with van der Waals surface area (Å²) in [5, 5.41) is 1.89. The third kappa shape index (κ3) is 3.45. The van der Waals surface area contributed by atoms with Crippen LogP contribution in [0.5, 0.6) is 0 Å². The minimum Gasteiger partial charge on any atom is -0.240 e. The molecule has 8 rings (SSSR count). The van der Waals surface area contributed by atoms with Crippen LogP contribution in [-0.2, 0) is 10.8 Å². The van der Waals surface area contributed by atoms with Crippen molar-refractivity contribution in [2.24, 2.45) is 0 Å². The van der Waals surface area contributed by atoms with Gasteiger partial charge in [-0.15, -0.1) is 22.7 Å². The molecule has 0 fully saturated rings. The van der Waals surface area contributed by atoms with E-state index in [4.69, 9.17) is 58.8 Å². The first-order valence-electron chi connectivity index (χ1n) is 13.6. The number of fused-ring (bicyclic) bond motifs is 6. The van der Waals surface area contributed by atoms with Crippen molar-refractivity contribution in [1.82, 2.24) is 9.97 Å². The molecular weight excluding hydrogens is 629 g/mol. The van der Waals surface area contributed by atoms with E-state index in [2.05, 4.69) is 64.1 Å². The minimum absolute atomic E-state index is 0.259. The van der Waals surface area contributed by atoms with E-state index in [-0.39, 0.29) is 10.8 Å². The van der Waals surface area contributed by atoms with Gasteiger partial charge in [-0.3, -0.25) is 0 Å². The topological polar surface area (TPSA) is 25.8 Å². The van der Waals surface area contributed by atoms with Crippen LogP contribution >= 0.6 is 71.5 Å². The molecule has 0 unspecified atom stereocenters. The molecule has 2 heterocycles. The van der Waals surface area contributed by atoms with Crippen LogP contribution in [0.1, 0.15) is 81.1 Å². The molecule has 8 heteroatoms. The number of benzene rings is 2. The molecule has 0 amide bonds. The summed E-state index contributed by atoms with van der Waals surface area (Å²) in [6, 6.07) is 16.3. The van der Waals surface area contributed by atoms with Crippen molar-refractivity contribution < 1.29 is 0 Å². The van der Waals surface area contributed by atoms with Gasteiger partial charge >= 0.3 is 0 Å². The Bertz CT molecular complexity index is 1890. The fourth-order valence-corrected chi connectivity index (χ4v) is 10.9. The summed E-state index contributed by atoms with van der Waals surface area (Å²) in [6.45, 7) is 9.14. The van der Waals surface area contributed by atoms with Crippen LogP contribution in [0.4, 0.5) is 0 Å². The first-order chi connectivity index (χ1) is 20.0. The molecule has 0 saturated heterocycles. The van der Waals surface area contributed by atoms with Gasteiger partial charge < -0.3 is 0 Å². The summed E-state index contributed by atoms with van der Waals surface area (Å²) in [7, 11) is 0. The number of rotatable bonds is 2. The number of thiazole rings is 2. The van der Waals surface area contributed by atoms with Crippen molar-refractivity contribution in [1.29, 1.82) is 0 Å². The van der Waals surface area contributed by atoms with Crippen molar-refractivity contribution in [3.05, 3.63) is 113 Å². The van der Waals surface area contributed by atoms with Crippen molar-refractivity contribution in [3.63, 3.8) is 0 Å². The molecule has 0 aliphatic heterocycles. The van der Waals surface area contributed by atoms with Gasteiger partial charge in [0.25, 0.3) is 0 Å². The van der Waals surface area contributed by atoms with E-state index in [0.717, 1.165) is 74.3 Å². The molecule has 0 atom stereocenters. The average Bonchev–Trinajstić information content (AvgIpc) is 3.76. The van der Waals surface area contributed by atoms with Crippen LogP contribution in [0.15, 0.2) is 59.7 Å². The van der Waals surface area contributed by atoms with Crippen LogP contribution < -0.4 is 0 Å². The van der Waals surface area contributed by atoms with Gasteiger partial charge in [-0.25, -0.2) is 9.97 Å². The number of hydrogen-bond donors (Lipinski definition) is 0. The Morgan fingerprint density at radius 3 is 1.17 bits per heavy atom. The largest absolute Gasteiger partial charge is 0.240 e. The highest BCUT2D eigenvalue weighted by Crippen LogP contribution is 2.64. The summed E-state index contributed by atoms with van der Waals surface area (Å²) in [5.41, 5.74) is 10.4. The van der Waals surface area contributed by atoms with E-state index < -0.39 is 0 Å². The van der Waals surface area contributed by atoms with Crippen molar-refractivity contribution >= 4 is 114 Å². The first kappa shape index (κ1) is 26.9. The summed E-state index contributed by atoms with van der Waals surface area (Å²) >= 11 is 26.8. The first-order valence-corrected chi connectivity index (χ1v) is 16.9. The summed E-state index contributed by atoms with van der Waals surface area (Å²) in [4.78, 5) is 16.2. The molecular formula is C34H22N2S6. The molecule has 0 N–H and O–H groups in total. The van der Waals surface area contributed by atoms with Gasteiger partial charge in [-0.2, -0.15) is 0 Å². The Morgan fingerprint density at radius 1 is 0.548 bits per heavy atom. The Balaban J connectivity index is 1.20. The number of nitrogens with zero attached hydrogens (tertiary/aromatic N) is 2. The van der Waals surface area contributed by atoms with Gasteiger partial charge in [0.1, 0.15) is 10.0 Å². The molecule has 0 saturated carbocycles. The summed E-state index contributed by atoms with van der Waals surface area (Å²) in [5.74, 6) is 0. The van der Waals surface area contributed by atoms with Gasteiger partial charge in [0.2, 0.25) is 0 Å². The third-order valence-corrected chi connectivity index (χ3v) is 12.6. The van der Waals surface area contributed by atoms with E-state index in [9.17, 15) is 0 Å². The van der Waals surface area contributed by atoms with Crippen molar-refractivity contribution in [2.75, 3.05) is 0 Å². The van der Waals surface area contributed by atoms with Gasteiger partial charge in [-0.05, 0) is 23.3 Å². The molecule has 204 valence electrons. The Kier molecular flexibility index (Phi) is 5.70. The molecule has 4 aromatic rings. The third-order valence-electron chi connectivity index (χ3n) is 8.77. The highest BCUT2D eigenvalue weighted by molar-refractivity contribution is 7.84. The standard InChI is InChI=1S/C34H22N2S6/c1-33(2)23-24(30-31(33)35-21(42-30)13-19-25(37)15-9-5-6-10-16(15)26(19)38)34(3,4)32-29(23)41-22(36-32)14-20-27(39)17-11-7-8-12-18(17)28(20)40/h5-14H,1-4H3. The van der Waals surface area contributed by atoms with E-state index >= 15 is 0 Å². The maximum Gasteiger partial charge on any atom is 0.117 e. The zero-order valence-corrected chi connectivity index (χ0v) is 28.0. The lowest BCUT2D eigenvalue weighted by molar-refractivity contribution is 0.673. The van der Waals surface area contributed by atoms with Crippen LogP contribution in [-0.4, -0.2) is 29.4 Å². The van der Waals surface area contributed by atoms with E-state index in [0.29, 0.717) is 0 Å². The van der Waals surface area contributed by atoms with Gasteiger partial charge in [0.15, 0.2) is 0 Å². The molecule has 42 heavy (non-hydrogen) atoms. The fourth-order valence-electron chi connectivity index (χ4n) is 6.69. The predicted molar refractivity (Wildman–Crippen MR) is 193 cm³/mol. The summed E-state index contributed by atoms with van der Waals surface area (Å²) < 4.78 is 0. The molecule has 0 bridgehead atoms. The van der Waals surface area contributed by atoms with Crippen LogP contribution in [0, 0.1) is 0 Å². The van der Waals surface area contributed by atoms with Crippen LogP contribution in [0.25, 0.3) is 23.3 Å². The second-order valence-electron chi connectivity index (χ2n) is 12.0. The van der Waals surface area contributed by atoms with E-state index in [1.165, 1.54) is 20.9 Å². The second-order valence-corrected chi connectivity index (χ2v) is 15.7. The number of thiocarbonyl (C=S) groups is 4. The minimum atomic E-state index is -0.259. The maximum atomic E-state index is 5.83. The van der Waals surface area contributed by atoms with Gasteiger partial charge in [0.05, 0.1) is 40.6 Å². The molecule has 2 nitrogen and oxygen atoms in total. The predicted octanol–water partition coefficient (Wildman–Crippen LogP) is 9.16. The monoisotopic (exact) mass is 650 g/mol. The SMILES string of the molecule is CC1(C)C2=C(c3sc(C=C4C(=S)c5ccccc5C4=S)nc31)C(C)(C)c1nc(C=C3C(=S)c4ccccc4C3=S)sc12. The molecule has 0 radical (unpaired) electrons. The number of aromatic nitrogens is 2. The average molecular weight is 651 g/mol. The van der Waals surface area contributed by atoms with Crippen molar-refractivity contribution in [3.8, 4) is 0 Å². The highest BCUT2D eigenvalue weighted by atomic mass is 32.1. The van der Waals surface area contributed by atoms with E-state index in [1.807, 2.05) is 24.3 Å². The Hall–Kier alpha value is -2.72. The van der Waals surface area contributed by atoms with Crippen molar-refractivity contribution in [2.45, 2.75) is 38.5 Å². The second kappa shape index (κ2) is 8.91. The zero-order valence-electron chi connectivity index (χ0n) is 23.1. The molecule has 2 aromatic carbocycles. The van der Waals surface area contributed by atoms with Gasteiger partial charge in [-0.1, -0.05) is 125 Å². The number of allylic oxidation sites excluding steroid dienone is 4. The Morgan fingerprint density at radius 2 is 0.857 bits per heavy atom. The molecule has 0 spiro atoms. The fraction of sp³-hybridized carbons (Fsp3) is 0.176. The maximum absolute atomic E-state index is 5.83. The van der Waals surface area contributed by atoms with Crippen LogP contribution in [0.2, 0.25) is 0 Å². The normalized spacial score (nSPS) is 18.9.